The number of nitriles is 1. The molecule has 3 rings (SSSR count). The van der Waals surface area contributed by atoms with E-state index in [0.717, 1.165) is 12.1 Å². The minimum absolute atomic E-state index is 0.0974. The Bertz CT molecular complexity index is 770. The van der Waals surface area contributed by atoms with E-state index in [4.69, 9.17) is 4.74 Å². The Morgan fingerprint density at radius 2 is 2.13 bits per heavy atom. The molecular formula is C17H17N3O3. The highest BCUT2D eigenvalue weighted by Gasteiger charge is 2.43. The fraction of sp³-hybridized carbons (Fsp3) is 0.353. The number of aliphatic hydroxyl groups is 1. The molecular weight excluding hydrogens is 294 g/mol. The lowest BCUT2D eigenvalue weighted by Gasteiger charge is -2.33. The molecule has 1 aliphatic rings. The van der Waals surface area contributed by atoms with Gasteiger partial charge in [-0.15, -0.1) is 0 Å². The fourth-order valence-corrected chi connectivity index (χ4v) is 2.62. The fourth-order valence-electron chi connectivity index (χ4n) is 2.62. The highest BCUT2D eigenvalue weighted by Crippen LogP contribution is 2.33. The third-order valence-corrected chi connectivity index (χ3v) is 4.17. The molecule has 2 aromatic rings. The molecule has 1 aromatic carbocycles. The lowest BCUT2D eigenvalue weighted by Crippen LogP contribution is -2.46. The lowest BCUT2D eigenvalue weighted by atomic mass is 9.80. The molecule has 0 atom stereocenters. The van der Waals surface area contributed by atoms with Crippen LogP contribution in [0.15, 0.2) is 30.3 Å². The van der Waals surface area contributed by atoms with Crippen molar-refractivity contribution in [2.75, 3.05) is 0 Å². The molecule has 1 fully saturated rings. The minimum atomic E-state index is -1.36. The lowest BCUT2D eigenvalue weighted by molar-refractivity contribution is -0.176. The number of esters is 1. The SMILES string of the molecule is Cc1nn(-c2ccccc2)c(COC(=O)C2(O)CCC2)c1C#N. The van der Waals surface area contributed by atoms with E-state index in [1.54, 1.807) is 11.6 Å². The molecule has 6 nitrogen and oxygen atoms in total. The molecule has 0 radical (unpaired) electrons. The topological polar surface area (TPSA) is 88.1 Å². The summed E-state index contributed by atoms with van der Waals surface area (Å²) in [6, 6.07) is 11.4. The highest BCUT2D eigenvalue weighted by molar-refractivity contribution is 5.80. The number of para-hydroxylation sites is 1. The summed E-state index contributed by atoms with van der Waals surface area (Å²) in [5.74, 6) is -0.633. The van der Waals surface area contributed by atoms with Crippen LogP contribution in [0.2, 0.25) is 0 Å². The van der Waals surface area contributed by atoms with Crippen molar-refractivity contribution in [3.8, 4) is 11.8 Å². The summed E-state index contributed by atoms with van der Waals surface area (Å²) < 4.78 is 6.86. The van der Waals surface area contributed by atoms with Gasteiger partial charge >= 0.3 is 5.97 Å². The second-order valence-corrected chi connectivity index (χ2v) is 5.73. The number of carbonyl (C=O) groups excluding carboxylic acids is 1. The molecule has 0 spiro atoms. The average molecular weight is 311 g/mol. The molecule has 1 aliphatic carbocycles. The molecule has 0 unspecified atom stereocenters. The number of hydrogen-bond donors (Lipinski definition) is 1. The maximum Gasteiger partial charge on any atom is 0.338 e. The molecule has 1 N–H and O–H groups in total. The molecule has 1 saturated carbocycles. The van der Waals surface area contributed by atoms with Gasteiger partial charge in [0.15, 0.2) is 5.60 Å². The first-order chi connectivity index (χ1) is 11.0. The maximum atomic E-state index is 12.0. The highest BCUT2D eigenvalue weighted by atomic mass is 16.5. The molecule has 23 heavy (non-hydrogen) atoms. The number of carbonyl (C=O) groups is 1. The standard InChI is InChI=1S/C17H17N3O3/c1-12-14(10-18)15(11-23-16(21)17(22)8-5-9-17)20(19-12)13-6-3-2-4-7-13/h2-4,6-7,22H,5,8-9,11H2,1H3. The average Bonchev–Trinajstić information content (AvgIpc) is 2.86. The number of hydrogen-bond acceptors (Lipinski definition) is 5. The largest absolute Gasteiger partial charge is 0.457 e. The van der Waals surface area contributed by atoms with Crippen LogP contribution < -0.4 is 0 Å². The van der Waals surface area contributed by atoms with E-state index >= 15 is 0 Å². The Kier molecular flexibility index (Phi) is 3.89. The number of ether oxygens (including phenoxy) is 1. The summed E-state index contributed by atoms with van der Waals surface area (Å²) >= 11 is 0. The van der Waals surface area contributed by atoms with Gasteiger partial charge < -0.3 is 9.84 Å². The Hall–Kier alpha value is -2.65. The number of aromatic nitrogens is 2. The van der Waals surface area contributed by atoms with Gasteiger partial charge in [-0.25, -0.2) is 9.48 Å². The Morgan fingerprint density at radius 1 is 1.43 bits per heavy atom. The van der Waals surface area contributed by atoms with Gasteiger partial charge in [0.05, 0.1) is 17.1 Å². The summed E-state index contributed by atoms with van der Waals surface area (Å²) in [6.07, 6.45) is 1.66. The number of nitrogens with zero attached hydrogens (tertiary/aromatic N) is 3. The Balaban J connectivity index is 1.88. The van der Waals surface area contributed by atoms with Crippen molar-refractivity contribution in [2.45, 2.75) is 38.4 Å². The van der Waals surface area contributed by atoms with Crippen LogP contribution in [0.25, 0.3) is 5.69 Å². The molecule has 0 amide bonds. The summed E-state index contributed by atoms with van der Waals surface area (Å²) in [7, 11) is 0. The van der Waals surface area contributed by atoms with E-state index in [1.807, 2.05) is 30.3 Å². The monoisotopic (exact) mass is 311 g/mol. The Labute approximate surface area is 133 Å². The third-order valence-electron chi connectivity index (χ3n) is 4.17. The smallest absolute Gasteiger partial charge is 0.338 e. The van der Waals surface area contributed by atoms with Crippen molar-refractivity contribution in [3.63, 3.8) is 0 Å². The van der Waals surface area contributed by atoms with Crippen molar-refractivity contribution in [2.24, 2.45) is 0 Å². The van der Waals surface area contributed by atoms with Crippen LogP contribution in [0.3, 0.4) is 0 Å². The van der Waals surface area contributed by atoms with Crippen molar-refractivity contribution < 1.29 is 14.6 Å². The molecule has 1 heterocycles. The van der Waals surface area contributed by atoms with Crippen molar-refractivity contribution in [3.05, 3.63) is 47.3 Å². The van der Waals surface area contributed by atoms with Crippen LogP contribution in [0.5, 0.6) is 0 Å². The van der Waals surface area contributed by atoms with E-state index in [0.29, 0.717) is 29.8 Å². The van der Waals surface area contributed by atoms with E-state index in [9.17, 15) is 15.2 Å². The summed E-state index contributed by atoms with van der Waals surface area (Å²) in [5.41, 5.74) is 0.893. The second kappa shape index (κ2) is 5.86. The zero-order chi connectivity index (χ0) is 16.4. The number of aryl methyl sites for hydroxylation is 1. The molecule has 1 aromatic heterocycles. The summed E-state index contributed by atoms with van der Waals surface area (Å²) in [5, 5.41) is 23.7. The molecule has 0 bridgehead atoms. The van der Waals surface area contributed by atoms with Crippen molar-refractivity contribution >= 4 is 5.97 Å². The van der Waals surface area contributed by atoms with Gasteiger partial charge in [-0.05, 0) is 38.3 Å². The van der Waals surface area contributed by atoms with Crippen LogP contribution in [0.1, 0.15) is 36.2 Å². The first-order valence-electron chi connectivity index (χ1n) is 7.49. The Morgan fingerprint density at radius 3 is 2.70 bits per heavy atom. The van der Waals surface area contributed by atoms with E-state index in [1.165, 1.54) is 0 Å². The van der Waals surface area contributed by atoms with Gasteiger partial charge in [0.25, 0.3) is 0 Å². The van der Waals surface area contributed by atoms with Crippen molar-refractivity contribution in [1.29, 1.82) is 5.26 Å². The predicted molar refractivity (Wildman–Crippen MR) is 81.6 cm³/mol. The summed E-state index contributed by atoms with van der Waals surface area (Å²) in [4.78, 5) is 12.0. The third kappa shape index (κ3) is 2.71. The van der Waals surface area contributed by atoms with Crippen LogP contribution in [-0.4, -0.2) is 26.5 Å². The van der Waals surface area contributed by atoms with E-state index in [-0.39, 0.29) is 6.61 Å². The first kappa shape index (κ1) is 15.3. The zero-order valence-corrected chi connectivity index (χ0v) is 12.8. The van der Waals surface area contributed by atoms with Gasteiger partial charge in [-0.2, -0.15) is 10.4 Å². The normalized spacial score (nSPS) is 15.5. The van der Waals surface area contributed by atoms with Crippen molar-refractivity contribution in [1.82, 2.24) is 9.78 Å². The van der Waals surface area contributed by atoms with Gasteiger partial charge in [-0.1, -0.05) is 18.2 Å². The number of benzene rings is 1. The van der Waals surface area contributed by atoms with Gasteiger partial charge in [0, 0.05) is 0 Å². The van der Waals surface area contributed by atoms with Gasteiger partial charge in [-0.3, -0.25) is 0 Å². The first-order valence-corrected chi connectivity index (χ1v) is 7.49. The van der Waals surface area contributed by atoms with E-state index < -0.39 is 11.6 Å². The van der Waals surface area contributed by atoms with Crippen LogP contribution in [-0.2, 0) is 16.1 Å². The predicted octanol–water partition coefficient (Wildman–Crippen LogP) is 2.01. The molecule has 118 valence electrons. The second-order valence-electron chi connectivity index (χ2n) is 5.73. The zero-order valence-electron chi connectivity index (χ0n) is 12.8. The molecule has 0 aliphatic heterocycles. The van der Waals surface area contributed by atoms with Crippen LogP contribution in [0, 0.1) is 18.3 Å². The molecule has 0 saturated heterocycles. The minimum Gasteiger partial charge on any atom is -0.457 e. The van der Waals surface area contributed by atoms with Gasteiger partial charge in [0.1, 0.15) is 18.2 Å². The maximum absolute atomic E-state index is 12.0. The number of rotatable bonds is 4. The van der Waals surface area contributed by atoms with Gasteiger partial charge in [0.2, 0.25) is 0 Å². The quantitative estimate of drug-likeness (QED) is 0.873. The van der Waals surface area contributed by atoms with Crippen LogP contribution in [0.4, 0.5) is 0 Å². The summed E-state index contributed by atoms with van der Waals surface area (Å²) in [6.45, 7) is 1.64. The van der Waals surface area contributed by atoms with E-state index in [2.05, 4.69) is 11.2 Å². The van der Waals surface area contributed by atoms with Crippen LogP contribution >= 0.6 is 0 Å². The molecule has 6 heteroatoms.